The maximum absolute atomic E-state index is 11.3. The number of para-hydroxylation sites is 1. The molecule has 2 aliphatic heterocycles. The molecule has 1 aromatic carbocycles. The van der Waals surface area contributed by atoms with Crippen LogP contribution in [0.5, 0.6) is 5.75 Å². The molecule has 0 aromatic heterocycles. The molecule has 0 aliphatic carbocycles. The summed E-state index contributed by atoms with van der Waals surface area (Å²) in [5.41, 5.74) is 1.09. The first kappa shape index (κ1) is 7.85. The highest BCUT2D eigenvalue weighted by Gasteiger charge is 2.49. The van der Waals surface area contributed by atoms with Gasteiger partial charge in [-0.15, -0.1) is 0 Å². The maximum Gasteiger partial charge on any atom is 0.312 e. The van der Waals surface area contributed by atoms with Gasteiger partial charge in [-0.05, 0) is 6.07 Å². The van der Waals surface area contributed by atoms with E-state index in [1.165, 1.54) is 0 Å². The molecule has 3 rings (SSSR count). The van der Waals surface area contributed by atoms with Crippen LogP contribution >= 0.6 is 0 Å². The summed E-state index contributed by atoms with van der Waals surface area (Å²) in [5.74, 6) is 0.679. The van der Waals surface area contributed by atoms with Gasteiger partial charge in [0.15, 0.2) is 0 Å². The Morgan fingerprint density at radius 2 is 2.00 bits per heavy atom. The summed E-state index contributed by atoms with van der Waals surface area (Å²) in [6.45, 7) is 1.89. The molecule has 0 radical (unpaired) electrons. The SMILES string of the molecule is CC1C(=O)OC2Oc3ccccc3C21. The van der Waals surface area contributed by atoms with E-state index in [1.54, 1.807) is 0 Å². The van der Waals surface area contributed by atoms with E-state index in [9.17, 15) is 4.79 Å². The number of rotatable bonds is 0. The fourth-order valence-corrected chi connectivity index (χ4v) is 2.18. The van der Waals surface area contributed by atoms with Crippen molar-refractivity contribution in [3.05, 3.63) is 29.8 Å². The van der Waals surface area contributed by atoms with E-state index in [0.29, 0.717) is 0 Å². The summed E-state index contributed by atoms with van der Waals surface area (Å²) in [7, 11) is 0. The molecule has 1 saturated heterocycles. The first-order chi connectivity index (χ1) is 6.77. The summed E-state index contributed by atoms with van der Waals surface area (Å²) < 4.78 is 10.6. The molecule has 0 spiro atoms. The average molecular weight is 190 g/mol. The third kappa shape index (κ3) is 0.842. The van der Waals surface area contributed by atoms with E-state index in [1.807, 2.05) is 31.2 Å². The fourth-order valence-electron chi connectivity index (χ4n) is 2.18. The quantitative estimate of drug-likeness (QED) is 0.584. The molecular weight excluding hydrogens is 180 g/mol. The van der Waals surface area contributed by atoms with Crippen LogP contribution in [0.2, 0.25) is 0 Å². The molecule has 14 heavy (non-hydrogen) atoms. The smallest absolute Gasteiger partial charge is 0.312 e. The van der Waals surface area contributed by atoms with Crippen molar-refractivity contribution in [3.63, 3.8) is 0 Å². The van der Waals surface area contributed by atoms with E-state index < -0.39 is 6.29 Å². The minimum Gasteiger partial charge on any atom is -0.454 e. The van der Waals surface area contributed by atoms with Gasteiger partial charge in [-0.25, -0.2) is 0 Å². The molecule has 3 atom stereocenters. The highest BCUT2D eigenvalue weighted by Crippen LogP contribution is 2.46. The second-order valence-corrected chi connectivity index (χ2v) is 3.78. The Labute approximate surface area is 81.6 Å². The van der Waals surface area contributed by atoms with Crippen molar-refractivity contribution in [2.24, 2.45) is 5.92 Å². The predicted molar refractivity (Wildman–Crippen MR) is 48.9 cm³/mol. The fraction of sp³-hybridized carbons (Fsp3) is 0.364. The second kappa shape index (κ2) is 2.50. The Bertz CT molecular complexity index is 399. The van der Waals surface area contributed by atoms with Gasteiger partial charge in [-0.3, -0.25) is 4.79 Å². The van der Waals surface area contributed by atoms with Gasteiger partial charge >= 0.3 is 5.97 Å². The minimum absolute atomic E-state index is 0.0821. The number of benzene rings is 1. The summed E-state index contributed by atoms with van der Waals surface area (Å²) >= 11 is 0. The summed E-state index contributed by atoms with van der Waals surface area (Å²) in [4.78, 5) is 11.3. The van der Waals surface area contributed by atoms with Crippen molar-refractivity contribution in [3.8, 4) is 5.75 Å². The number of hydrogen-bond donors (Lipinski definition) is 0. The molecule has 0 bridgehead atoms. The van der Waals surface area contributed by atoms with Crippen LogP contribution in [0, 0.1) is 5.92 Å². The van der Waals surface area contributed by atoms with Gasteiger partial charge in [0.2, 0.25) is 0 Å². The standard InChI is InChI=1S/C11H10O3/c1-6-9-7-4-2-3-5-8(7)13-11(9)14-10(6)12/h2-6,9,11H,1H3. The second-order valence-electron chi connectivity index (χ2n) is 3.78. The molecule has 0 N–H and O–H groups in total. The molecule has 0 amide bonds. The van der Waals surface area contributed by atoms with Crippen LogP contribution in [-0.4, -0.2) is 12.3 Å². The molecule has 0 saturated carbocycles. The first-order valence-electron chi connectivity index (χ1n) is 4.73. The number of hydrogen-bond acceptors (Lipinski definition) is 3. The average Bonchev–Trinajstić information content (AvgIpc) is 2.65. The normalized spacial score (nSPS) is 33.2. The highest BCUT2D eigenvalue weighted by atomic mass is 16.7. The van der Waals surface area contributed by atoms with Crippen LogP contribution in [-0.2, 0) is 9.53 Å². The largest absolute Gasteiger partial charge is 0.454 e. The number of ether oxygens (including phenoxy) is 2. The molecular formula is C11H10O3. The summed E-state index contributed by atoms with van der Waals surface area (Å²) in [6, 6.07) is 7.79. The molecule has 2 heterocycles. The van der Waals surface area contributed by atoms with Gasteiger partial charge in [-0.2, -0.15) is 0 Å². The zero-order chi connectivity index (χ0) is 9.71. The zero-order valence-corrected chi connectivity index (χ0v) is 7.77. The molecule has 3 nitrogen and oxygen atoms in total. The Morgan fingerprint density at radius 1 is 1.21 bits per heavy atom. The van der Waals surface area contributed by atoms with Crippen LogP contribution in [0.15, 0.2) is 24.3 Å². The molecule has 1 aromatic rings. The lowest BCUT2D eigenvalue weighted by molar-refractivity contribution is -0.152. The van der Waals surface area contributed by atoms with Gasteiger partial charge < -0.3 is 9.47 Å². The van der Waals surface area contributed by atoms with Crippen molar-refractivity contribution >= 4 is 5.97 Å². The van der Waals surface area contributed by atoms with Crippen molar-refractivity contribution in [2.45, 2.75) is 19.1 Å². The Morgan fingerprint density at radius 3 is 2.86 bits per heavy atom. The topological polar surface area (TPSA) is 35.5 Å². The molecule has 2 aliphatic rings. The first-order valence-corrected chi connectivity index (χ1v) is 4.73. The number of fused-ring (bicyclic) bond motifs is 3. The number of esters is 1. The third-order valence-electron chi connectivity index (χ3n) is 2.96. The van der Waals surface area contributed by atoms with Gasteiger partial charge in [0, 0.05) is 5.56 Å². The third-order valence-corrected chi connectivity index (χ3v) is 2.96. The lowest BCUT2D eigenvalue weighted by Crippen LogP contribution is -2.15. The van der Waals surface area contributed by atoms with E-state index in [-0.39, 0.29) is 17.8 Å². The van der Waals surface area contributed by atoms with Crippen molar-refractivity contribution in [1.29, 1.82) is 0 Å². The van der Waals surface area contributed by atoms with Gasteiger partial charge in [-0.1, -0.05) is 25.1 Å². The van der Waals surface area contributed by atoms with Gasteiger partial charge in [0.05, 0.1) is 11.8 Å². The van der Waals surface area contributed by atoms with Gasteiger partial charge in [0.1, 0.15) is 5.75 Å². The van der Waals surface area contributed by atoms with E-state index in [4.69, 9.17) is 9.47 Å². The zero-order valence-electron chi connectivity index (χ0n) is 7.77. The van der Waals surface area contributed by atoms with E-state index in [0.717, 1.165) is 11.3 Å². The lowest BCUT2D eigenvalue weighted by atomic mass is 9.90. The van der Waals surface area contributed by atoms with Crippen LogP contribution < -0.4 is 4.74 Å². The van der Waals surface area contributed by atoms with Crippen molar-refractivity contribution in [1.82, 2.24) is 0 Å². The van der Waals surface area contributed by atoms with E-state index in [2.05, 4.69) is 0 Å². The number of carbonyl (C=O) groups excluding carboxylic acids is 1. The maximum atomic E-state index is 11.3. The summed E-state index contributed by atoms with van der Waals surface area (Å²) in [6.07, 6.45) is -0.394. The van der Waals surface area contributed by atoms with Crippen molar-refractivity contribution in [2.75, 3.05) is 0 Å². The summed E-state index contributed by atoms with van der Waals surface area (Å²) in [5, 5.41) is 0. The van der Waals surface area contributed by atoms with Crippen molar-refractivity contribution < 1.29 is 14.3 Å². The Kier molecular flexibility index (Phi) is 1.40. The van der Waals surface area contributed by atoms with Crippen LogP contribution in [0.1, 0.15) is 18.4 Å². The molecule has 1 fully saturated rings. The van der Waals surface area contributed by atoms with Crippen LogP contribution in [0.3, 0.4) is 0 Å². The Hall–Kier alpha value is -1.51. The van der Waals surface area contributed by atoms with E-state index >= 15 is 0 Å². The van der Waals surface area contributed by atoms with Crippen LogP contribution in [0.4, 0.5) is 0 Å². The highest BCUT2D eigenvalue weighted by molar-refractivity contribution is 5.77. The number of carbonyl (C=O) groups is 1. The molecule has 3 unspecified atom stereocenters. The lowest BCUT2D eigenvalue weighted by Gasteiger charge is -2.06. The predicted octanol–water partition coefficient (Wildman–Crippen LogP) is 1.68. The molecule has 72 valence electrons. The minimum atomic E-state index is -0.394. The molecule has 3 heteroatoms. The van der Waals surface area contributed by atoms with Crippen LogP contribution in [0.25, 0.3) is 0 Å². The van der Waals surface area contributed by atoms with Gasteiger partial charge in [0.25, 0.3) is 6.29 Å². The monoisotopic (exact) mass is 190 g/mol. The Balaban J connectivity index is 2.09.